The molecule has 0 amide bonds. The van der Waals surface area contributed by atoms with E-state index in [0.29, 0.717) is 18.4 Å². The number of carbonyl (C=O) groups excluding carboxylic acids is 3. The van der Waals surface area contributed by atoms with Gasteiger partial charge in [0.05, 0.1) is 24.4 Å². The molecule has 4 heterocycles. The van der Waals surface area contributed by atoms with Gasteiger partial charge < -0.3 is 33.7 Å². The molecule has 0 radical (unpaired) electrons. The van der Waals surface area contributed by atoms with Crippen molar-refractivity contribution in [3.8, 4) is 11.8 Å². The zero-order valence-corrected chi connectivity index (χ0v) is 32.0. The fraction of sp³-hybridized carbons (Fsp3) is 0.700. The summed E-state index contributed by atoms with van der Waals surface area (Å²) in [4.78, 5) is 48.6. The standard InChI is InChI=1S/C40H58N2O9/c1-12-31-40(9)32(24(3)22-48-40)26(5)33(43)23(2)20-39(8,47-18-14-16-29-15-13-17-41-21-29)36(27(6)34(44)28(7)37(46)50-31)51-38-35(45)30(42(10)11)19-25(4)49-38/h13,15,17,21,23,25-28,30-32,35-36,38,45H,3,12,18-20,22H2,1-2,4-11H3/t23?,25-,26?,27-,28+,30?,31?,32?,35-,36+,38+,39?,40+/m0/s1. The zero-order chi connectivity index (χ0) is 37.8. The number of hydrogen-bond acceptors (Lipinski definition) is 11. The summed E-state index contributed by atoms with van der Waals surface area (Å²) in [5, 5.41) is 11.5. The average molecular weight is 711 g/mol. The monoisotopic (exact) mass is 710 g/mol. The third-order valence-electron chi connectivity index (χ3n) is 11.3. The van der Waals surface area contributed by atoms with Gasteiger partial charge in [-0.15, -0.1) is 0 Å². The zero-order valence-electron chi connectivity index (χ0n) is 32.0. The first-order valence-corrected chi connectivity index (χ1v) is 18.2. The van der Waals surface area contributed by atoms with Crippen molar-refractivity contribution in [2.24, 2.45) is 29.6 Å². The molecule has 13 atom stereocenters. The second kappa shape index (κ2) is 16.8. The van der Waals surface area contributed by atoms with Gasteiger partial charge in [0.2, 0.25) is 0 Å². The number of cyclic esters (lactones) is 1. The number of hydrogen-bond donors (Lipinski definition) is 1. The van der Waals surface area contributed by atoms with Gasteiger partial charge in [0.15, 0.2) is 12.1 Å². The summed E-state index contributed by atoms with van der Waals surface area (Å²) in [7, 11) is 3.76. The summed E-state index contributed by atoms with van der Waals surface area (Å²) in [6, 6.07) is 3.34. The average Bonchev–Trinajstić information content (AvgIpc) is 3.41. The number of nitrogens with zero attached hydrogens (tertiary/aromatic N) is 2. The van der Waals surface area contributed by atoms with E-state index >= 15 is 0 Å². The number of rotatable bonds is 6. The SMILES string of the molecule is C=C1CO[C@]2(C)C(CC)OC(=O)[C@H](C)C(=O)[C@H](C)[C@@H](O[C@H]3O[C@@H](C)CC(N(C)C)[C@@H]3O)C(C)(OCC#Cc3cccnc3)CC(C)C(=O)C(C)C12. The van der Waals surface area contributed by atoms with E-state index in [1.54, 1.807) is 32.3 Å². The number of likely N-dealkylation sites (N-methyl/N-ethyl adjacent to an activating group) is 1. The summed E-state index contributed by atoms with van der Waals surface area (Å²) >= 11 is 0. The smallest absolute Gasteiger partial charge is 0.316 e. The van der Waals surface area contributed by atoms with Crippen molar-refractivity contribution in [3.05, 3.63) is 42.2 Å². The van der Waals surface area contributed by atoms with Gasteiger partial charge in [0, 0.05) is 47.7 Å². The summed E-state index contributed by atoms with van der Waals surface area (Å²) < 4.78 is 31.9. The number of aliphatic hydroxyl groups excluding tert-OH is 1. The highest BCUT2D eigenvalue weighted by molar-refractivity contribution is 6.00. The Morgan fingerprint density at radius 3 is 2.43 bits per heavy atom. The number of Topliss-reactive ketones (excluding diaryl/α,β-unsaturated/α-hetero) is 2. The van der Waals surface area contributed by atoms with Crippen molar-refractivity contribution in [3.63, 3.8) is 0 Å². The van der Waals surface area contributed by atoms with Crippen molar-refractivity contribution in [2.45, 2.75) is 123 Å². The maximum atomic E-state index is 14.4. The van der Waals surface area contributed by atoms with Crippen LogP contribution in [-0.4, -0.2) is 108 Å². The number of ether oxygens (including phenoxy) is 5. The molecule has 3 fully saturated rings. The third-order valence-corrected chi connectivity index (χ3v) is 11.3. The van der Waals surface area contributed by atoms with Crippen molar-refractivity contribution < 1.29 is 43.2 Å². The molecule has 1 aromatic heterocycles. The number of aliphatic hydroxyl groups is 1. The molecule has 11 nitrogen and oxygen atoms in total. The summed E-state index contributed by atoms with van der Waals surface area (Å²) in [6.07, 6.45) is 0.216. The first-order valence-electron chi connectivity index (χ1n) is 18.2. The van der Waals surface area contributed by atoms with Gasteiger partial charge in [0.25, 0.3) is 0 Å². The van der Waals surface area contributed by atoms with Gasteiger partial charge in [-0.3, -0.25) is 19.4 Å². The quantitative estimate of drug-likeness (QED) is 0.195. The lowest BCUT2D eigenvalue weighted by Gasteiger charge is -2.47. The minimum absolute atomic E-state index is 0.0475. The largest absolute Gasteiger partial charge is 0.459 e. The van der Waals surface area contributed by atoms with E-state index in [4.69, 9.17) is 23.7 Å². The first-order chi connectivity index (χ1) is 23.9. The summed E-state index contributed by atoms with van der Waals surface area (Å²) in [5.41, 5.74) is -0.884. The molecule has 0 saturated carbocycles. The molecular weight excluding hydrogens is 652 g/mol. The van der Waals surface area contributed by atoms with Crippen LogP contribution in [0.25, 0.3) is 0 Å². The second-order valence-electron chi connectivity index (χ2n) is 15.4. The van der Waals surface area contributed by atoms with Crippen LogP contribution in [0.3, 0.4) is 0 Å². The van der Waals surface area contributed by atoms with E-state index < -0.39 is 77.1 Å². The molecule has 6 unspecified atom stereocenters. The topological polar surface area (TPSA) is 134 Å². The lowest BCUT2D eigenvalue weighted by molar-refractivity contribution is -0.296. The van der Waals surface area contributed by atoms with Crippen LogP contribution < -0.4 is 0 Å². The fourth-order valence-electron chi connectivity index (χ4n) is 8.43. The summed E-state index contributed by atoms with van der Waals surface area (Å²) in [6.45, 7) is 18.8. The Balaban J connectivity index is 1.82. The molecule has 3 saturated heterocycles. The Bertz CT molecular complexity index is 1470. The van der Waals surface area contributed by atoms with Crippen LogP contribution in [0.2, 0.25) is 0 Å². The van der Waals surface area contributed by atoms with Crippen molar-refractivity contribution in [1.29, 1.82) is 0 Å². The maximum Gasteiger partial charge on any atom is 0.316 e. The van der Waals surface area contributed by atoms with Crippen LogP contribution in [0.4, 0.5) is 0 Å². The van der Waals surface area contributed by atoms with Gasteiger partial charge in [-0.1, -0.05) is 46.1 Å². The Labute approximate surface area is 303 Å². The number of carbonyl (C=O) groups is 3. The predicted molar refractivity (Wildman–Crippen MR) is 191 cm³/mol. The van der Waals surface area contributed by atoms with Crippen LogP contribution >= 0.6 is 0 Å². The van der Waals surface area contributed by atoms with Gasteiger partial charge in [0.1, 0.15) is 36.1 Å². The summed E-state index contributed by atoms with van der Waals surface area (Å²) in [5.74, 6) is 1.27. The van der Waals surface area contributed by atoms with E-state index in [0.717, 1.165) is 5.57 Å². The molecule has 3 aliphatic rings. The number of ketones is 2. The highest BCUT2D eigenvalue weighted by atomic mass is 16.7. The van der Waals surface area contributed by atoms with Gasteiger partial charge in [-0.05, 0) is 78.8 Å². The van der Waals surface area contributed by atoms with Crippen molar-refractivity contribution in [1.82, 2.24) is 9.88 Å². The molecular formula is C40H58N2O9. The molecule has 0 bridgehead atoms. The van der Waals surface area contributed by atoms with Crippen molar-refractivity contribution in [2.75, 3.05) is 27.3 Å². The fourth-order valence-corrected chi connectivity index (χ4v) is 8.43. The molecule has 0 aliphatic carbocycles. The molecule has 0 aromatic carbocycles. The predicted octanol–water partition coefficient (Wildman–Crippen LogP) is 4.39. The second-order valence-corrected chi connectivity index (χ2v) is 15.4. The Morgan fingerprint density at radius 1 is 1.10 bits per heavy atom. The maximum absolute atomic E-state index is 14.4. The van der Waals surface area contributed by atoms with Gasteiger partial charge in [-0.2, -0.15) is 0 Å². The van der Waals surface area contributed by atoms with Gasteiger partial charge in [-0.25, -0.2) is 0 Å². The third kappa shape index (κ3) is 8.81. The molecule has 0 spiro atoms. The number of esters is 1. The van der Waals surface area contributed by atoms with E-state index in [2.05, 4.69) is 23.4 Å². The number of fused-ring (bicyclic) bond motifs is 1. The Hall–Kier alpha value is -2.98. The van der Waals surface area contributed by atoms with Crippen LogP contribution in [0.15, 0.2) is 36.7 Å². The molecule has 51 heavy (non-hydrogen) atoms. The van der Waals surface area contributed by atoms with E-state index in [9.17, 15) is 19.5 Å². The molecule has 4 rings (SSSR count). The Kier molecular flexibility index (Phi) is 13.4. The highest BCUT2D eigenvalue weighted by Crippen LogP contribution is 2.46. The molecule has 3 aliphatic heterocycles. The first kappa shape index (κ1) is 40.8. The minimum Gasteiger partial charge on any atom is -0.459 e. The van der Waals surface area contributed by atoms with Gasteiger partial charge >= 0.3 is 5.97 Å². The highest BCUT2D eigenvalue weighted by Gasteiger charge is 2.55. The van der Waals surface area contributed by atoms with Crippen molar-refractivity contribution >= 4 is 17.5 Å². The Morgan fingerprint density at radius 2 is 1.80 bits per heavy atom. The number of aromatic nitrogens is 1. The molecule has 1 aromatic rings. The van der Waals surface area contributed by atoms with E-state index in [1.165, 1.54) is 6.92 Å². The molecule has 1 N–H and O–H groups in total. The lowest BCUT2D eigenvalue weighted by Crippen LogP contribution is -2.59. The molecule has 11 heteroatoms. The van der Waals surface area contributed by atoms with E-state index in [1.807, 2.05) is 59.7 Å². The van der Waals surface area contributed by atoms with Crippen LogP contribution in [0, 0.1) is 41.4 Å². The van der Waals surface area contributed by atoms with Crippen LogP contribution in [0.1, 0.15) is 80.2 Å². The lowest BCUT2D eigenvalue weighted by atomic mass is 9.69. The number of pyridine rings is 1. The molecule has 282 valence electrons. The van der Waals surface area contributed by atoms with E-state index in [-0.39, 0.29) is 37.6 Å². The van der Waals surface area contributed by atoms with Crippen LogP contribution in [0.5, 0.6) is 0 Å². The minimum atomic E-state index is -1.32. The normalized spacial score (nSPS) is 39.9. The van der Waals surface area contributed by atoms with Crippen LogP contribution in [-0.2, 0) is 38.1 Å².